The van der Waals surface area contributed by atoms with E-state index in [2.05, 4.69) is 10.6 Å². The van der Waals surface area contributed by atoms with Gasteiger partial charge in [0.15, 0.2) is 18.0 Å². The van der Waals surface area contributed by atoms with E-state index in [9.17, 15) is 50.4 Å². The van der Waals surface area contributed by atoms with E-state index in [1.807, 2.05) is 0 Å². The molecular formula is C26H36N3O10+. The number of fused-ring (bicyclic) bond motifs is 3. The van der Waals surface area contributed by atoms with E-state index >= 15 is 0 Å². The van der Waals surface area contributed by atoms with Crippen LogP contribution in [0.2, 0.25) is 0 Å². The van der Waals surface area contributed by atoms with Crippen molar-refractivity contribution in [3.05, 3.63) is 41.5 Å². The van der Waals surface area contributed by atoms with Gasteiger partial charge in [-0.3, -0.25) is 9.59 Å². The molecule has 0 atom stereocenters. The topological polar surface area (TPSA) is 223 Å². The lowest BCUT2D eigenvalue weighted by molar-refractivity contribution is -0.437. The van der Waals surface area contributed by atoms with Crippen molar-refractivity contribution in [3.63, 3.8) is 0 Å². The molecule has 0 bridgehead atoms. The lowest BCUT2D eigenvalue weighted by Gasteiger charge is -2.28. The first-order valence-corrected chi connectivity index (χ1v) is 12.3. The van der Waals surface area contributed by atoms with Gasteiger partial charge in [-0.2, -0.15) is 4.58 Å². The summed E-state index contributed by atoms with van der Waals surface area (Å²) in [5.41, 5.74) is -3.03. The van der Waals surface area contributed by atoms with E-state index in [4.69, 9.17) is 0 Å². The number of amides is 2. The largest absolute Gasteiger partial charge is 0.395 e. The third kappa shape index (κ3) is 5.53. The SMILES string of the molecule is CC1=[N+](CCC(=O)NC(CO)(CO)CO)c2ccc3cc(C(=O)NC(O)(CO)CO)ccc3c2C1(CO)CO. The normalized spacial score (nSPS) is 15.0. The number of nitrogens with one attached hydrogen (secondary N) is 2. The summed E-state index contributed by atoms with van der Waals surface area (Å²) in [6, 6.07) is 8.07. The Morgan fingerprint density at radius 1 is 0.872 bits per heavy atom. The molecule has 2 amide bonds. The van der Waals surface area contributed by atoms with Gasteiger partial charge in [0.25, 0.3) is 5.91 Å². The molecule has 3 rings (SSSR count). The van der Waals surface area contributed by atoms with Crippen LogP contribution in [0.5, 0.6) is 0 Å². The van der Waals surface area contributed by atoms with Gasteiger partial charge in [-0.05, 0) is 29.0 Å². The van der Waals surface area contributed by atoms with Crippen molar-refractivity contribution in [2.75, 3.05) is 52.8 Å². The molecule has 0 saturated heterocycles. The van der Waals surface area contributed by atoms with Gasteiger partial charge in [0.2, 0.25) is 11.6 Å². The number of carbonyl (C=O) groups excluding carboxylic acids is 2. The zero-order chi connectivity index (χ0) is 29.0. The Hall–Kier alpha value is -3.01. The number of aliphatic hydroxyl groups is 8. The summed E-state index contributed by atoms with van der Waals surface area (Å²) in [7, 11) is 0. The van der Waals surface area contributed by atoms with Gasteiger partial charge in [-0.15, -0.1) is 0 Å². The van der Waals surface area contributed by atoms with Crippen LogP contribution in [0.3, 0.4) is 0 Å². The van der Waals surface area contributed by atoms with Gasteiger partial charge in [0, 0.05) is 18.6 Å². The van der Waals surface area contributed by atoms with Gasteiger partial charge < -0.3 is 51.5 Å². The van der Waals surface area contributed by atoms with Gasteiger partial charge in [-0.1, -0.05) is 6.07 Å². The summed E-state index contributed by atoms with van der Waals surface area (Å²) in [6.07, 6.45) is -0.0960. The minimum atomic E-state index is -2.20. The fourth-order valence-corrected chi connectivity index (χ4v) is 4.79. The van der Waals surface area contributed by atoms with E-state index < -0.39 is 74.7 Å². The molecule has 1 aliphatic heterocycles. The van der Waals surface area contributed by atoms with Crippen LogP contribution >= 0.6 is 0 Å². The van der Waals surface area contributed by atoms with Crippen LogP contribution in [-0.4, -0.2) is 127 Å². The molecule has 2 aromatic carbocycles. The Morgan fingerprint density at radius 3 is 2.03 bits per heavy atom. The van der Waals surface area contributed by atoms with Crippen molar-refractivity contribution < 1.29 is 55.0 Å². The number of benzene rings is 2. The summed E-state index contributed by atoms with van der Waals surface area (Å²) < 4.78 is 1.78. The zero-order valence-corrected chi connectivity index (χ0v) is 21.6. The van der Waals surface area contributed by atoms with Gasteiger partial charge in [-0.25, -0.2) is 0 Å². The Morgan fingerprint density at radius 2 is 1.49 bits per heavy atom. The van der Waals surface area contributed by atoms with Crippen LogP contribution < -0.4 is 10.6 Å². The Kier molecular flexibility index (Phi) is 9.41. The van der Waals surface area contributed by atoms with Crippen LogP contribution in [-0.2, 0) is 10.2 Å². The molecule has 0 fully saturated rings. The third-order valence-corrected chi connectivity index (χ3v) is 7.41. The highest BCUT2D eigenvalue weighted by atomic mass is 16.4. The second-order valence-electron chi connectivity index (χ2n) is 9.89. The molecule has 0 saturated carbocycles. The average Bonchev–Trinajstić information content (AvgIpc) is 3.21. The highest BCUT2D eigenvalue weighted by molar-refractivity contribution is 6.05. The van der Waals surface area contributed by atoms with Crippen molar-refractivity contribution in [3.8, 4) is 0 Å². The number of aliphatic hydroxyl groups excluding tert-OH is 7. The molecule has 0 radical (unpaired) electrons. The summed E-state index contributed by atoms with van der Waals surface area (Å²) in [5, 5.41) is 83.7. The maximum absolute atomic E-state index is 12.6. The first kappa shape index (κ1) is 30.5. The maximum atomic E-state index is 12.6. The number of hydrogen-bond donors (Lipinski definition) is 10. The molecule has 0 aliphatic carbocycles. The minimum absolute atomic E-state index is 0.0960. The predicted octanol–water partition coefficient (Wildman–Crippen LogP) is -3.19. The molecule has 214 valence electrons. The molecule has 13 nitrogen and oxygen atoms in total. The monoisotopic (exact) mass is 550 g/mol. The molecule has 0 unspecified atom stereocenters. The summed E-state index contributed by atoms with van der Waals surface area (Å²) in [4.78, 5) is 25.2. The first-order chi connectivity index (χ1) is 18.5. The number of hydrogen-bond acceptors (Lipinski definition) is 10. The van der Waals surface area contributed by atoms with E-state index in [1.165, 1.54) is 12.1 Å². The molecule has 13 heteroatoms. The van der Waals surface area contributed by atoms with E-state index in [0.29, 0.717) is 27.7 Å². The summed E-state index contributed by atoms with van der Waals surface area (Å²) in [6.45, 7) is -2.82. The molecule has 1 heterocycles. The Balaban J connectivity index is 1.98. The first-order valence-electron chi connectivity index (χ1n) is 12.3. The smallest absolute Gasteiger partial charge is 0.253 e. The van der Waals surface area contributed by atoms with Gasteiger partial charge in [0.1, 0.15) is 11.0 Å². The van der Waals surface area contributed by atoms with Crippen molar-refractivity contribution in [1.82, 2.24) is 10.6 Å². The van der Waals surface area contributed by atoms with E-state index in [-0.39, 0.29) is 18.5 Å². The highest BCUT2D eigenvalue weighted by Crippen LogP contribution is 2.44. The third-order valence-electron chi connectivity index (χ3n) is 7.41. The minimum Gasteiger partial charge on any atom is -0.395 e. The van der Waals surface area contributed by atoms with E-state index in [0.717, 1.165) is 0 Å². The lowest BCUT2D eigenvalue weighted by Crippen LogP contribution is -2.57. The molecule has 10 N–H and O–H groups in total. The van der Waals surface area contributed by atoms with Crippen molar-refractivity contribution in [2.24, 2.45) is 0 Å². The van der Waals surface area contributed by atoms with Gasteiger partial charge >= 0.3 is 0 Å². The second-order valence-corrected chi connectivity index (χ2v) is 9.89. The lowest BCUT2D eigenvalue weighted by atomic mass is 9.77. The summed E-state index contributed by atoms with van der Waals surface area (Å²) >= 11 is 0. The van der Waals surface area contributed by atoms with E-state index in [1.54, 1.807) is 29.7 Å². The van der Waals surface area contributed by atoms with Crippen LogP contribution in [0.1, 0.15) is 29.3 Å². The molecule has 0 aromatic heterocycles. The quantitative estimate of drug-likeness (QED) is 0.0888. The molecule has 39 heavy (non-hydrogen) atoms. The number of rotatable bonds is 13. The maximum Gasteiger partial charge on any atom is 0.253 e. The zero-order valence-electron chi connectivity index (χ0n) is 21.6. The van der Waals surface area contributed by atoms with Crippen LogP contribution in [0, 0.1) is 0 Å². The highest BCUT2D eigenvalue weighted by Gasteiger charge is 2.50. The van der Waals surface area contributed by atoms with Crippen LogP contribution in [0.15, 0.2) is 30.3 Å². The Labute approximate surface area is 224 Å². The molecule has 2 aromatic rings. The predicted molar refractivity (Wildman–Crippen MR) is 139 cm³/mol. The second kappa shape index (κ2) is 12.0. The van der Waals surface area contributed by atoms with Crippen molar-refractivity contribution in [1.29, 1.82) is 0 Å². The van der Waals surface area contributed by atoms with Crippen molar-refractivity contribution >= 4 is 34.0 Å². The van der Waals surface area contributed by atoms with Gasteiger partial charge in [0.05, 0.1) is 58.2 Å². The standard InChI is InChI=1S/C26H35N3O10/c1-16-25(12-33,13-34)22-19-4-2-18(23(38)28-26(39,14-35)15-36)8-17(19)3-5-20(22)29(16)7-6-21(37)27-24(9-30,10-31)11-32/h2-5,8,30-36,39H,6-7,9-15H2,1H3,(H-,27,28,37,38)/p+1. The average molecular weight is 551 g/mol. The van der Waals surface area contributed by atoms with Crippen LogP contribution in [0.4, 0.5) is 5.69 Å². The summed E-state index contributed by atoms with van der Waals surface area (Å²) in [5.74, 6) is -1.27. The molecule has 1 aliphatic rings. The molecule has 0 spiro atoms. The number of carbonyl (C=O) groups is 2. The fourth-order valence-electron chi connectivity index (χ4n) is 4.79. The molecular weight excluding hydrogens is 514 g/mol. The van der Waals surface area contributed by atoms with Crippen molar-refractivity contribution in [2.45, 2.75) is 30.0 Å². The fraction of sp³-hybridized carbons (Fsp3) is 0.500. The Bertz CT molecular complexity index is 1240. The van der Waals surface area contributed by atoms with Crippen LogP contribution in [0.25, 0.3) is 10.8 Å². The number of nitrogens with zero attached hydrogens (tertiary/aromatic N) is 1.